The molecule has 0 atom stereocenters. The van der Waals surface area contributed by atoms with Crippen molar-refractivity contribution in [2.45, 2.75) is 6.42 Å². The van der Waals surface area contributed by atoms with Crippen molar-refractivity contribution in [3.63, 3.8) is 0 Å². The maximum absolute atomic E-state index is 5.30. The van der Waals surface area contributed by atoms with E-state index in [0.717, 1.165) is 28.0 Å². The predicted molar refractivity (Wildman–Crippen MR) is 61.1 cm³/mol. The molecule has 0 fully saturated rings. The fraction of sp³-hybridized carbons (Fsp3) is 0.273. The average molecular weight is 257 g/mol. The Balaban J connectivity index is 3.27. The summed E-state index contributed by atoms with van der Waals surface area (Å²) in [4.78, 5) is 0. The maximum Gasteiger partial charge on any atom is 0.140 e. The van der Waals surface area contributed by atoms with E-state index in [1.165, 1.54) is 0 Å². The van der Waals surface area contributed by atoms with Gasteiger partial charge in [0.1, 0.15) is 11.5 Å². The molecule has 0 unspecified atom stereocenters. The van der Waals surface area contributed by atoms with Crippen LogP contribution in [0, 0.1) is 0 Å². The van der Waals surface area contributed by atoms with Gasteiger partial charge in [-0.3, -0.25) is 0 Å². The molecule has 0 aliphatic carbocycles. The first-order chi connectivity index (χ1) is 6.74. The van der Waals surface area contributed by atoms with Crippen LogP contribution in [0.3, 0.4) is 0 Å². The summed E-state index contributed by atoms with van der Waals surface area (Å²) in [6.45, 7) is 3.71. The van der Waals surface area contributed by atoms with Gasteiger partial charge in [-0.2, -0.15) is 0 Å². The van der Waals surface area contributed by atoms with Crippen LogP contribution in [0.4, 0.5) is 0 Å². The summed E-state index contributed by atoms with van der Waals surface area (Å²) < 4.78 is 11.5. The molecule has 3 heteroatoms. The average Bonchev–Trinajstić information content (AvgIpc) is 2.19. The normalized spacial score (nSPS) is 9.64. The van der Waals surface area contributed by atoms with Crippen LogP contribution in [-0.2, 0) is 6.42 Å². The van der Waals surface area contributed by atoms with Crippen molar-refractivity contribution < 1.29 is 9.47 Å². The lowest BCUT2D eigenvalue weighted by molar-refractivity contribution is 0.385. The van der Waals surface area contributed by atoms with Crippen LogP contribution in [0.2, 0.25) is 0 Å². The molecule has 0 saturated heterocycles. The fourth-order valence-corrected chi connectivity index (χ4v) is 1.86. The van der Waals surface area contributed by atoms with Gasteiger partial charge in [-0.05, 0) is 34.5 Å². The van der Waals surface area contributed by atoms with Gasteiger partial charge >= 0.3 is 0 Å². The summed E-state index contributed by atoms with van der Waals surface area (Å²) in [7, 11) is 3.29. The Morgan fingerprint density at radius 1 is 1.36 bits per heavy atom. The van der Waals surface area contributed by atoms with Gasteiger partial charge in [0.25, 0.3) is 0 Å². The number of hydrogen-bond acceptors (Lipinski definition) is 2. The third kappa shape index (κ3) is 2.10. The molecule has 1 rings (SSSR count). The van der Waals surface area contributed by atoms with Crippen LogP contribution < -0.4 is 9.47 Å². The zero-order valence-corrected chi connectivity index (χ0v) is 9.93. The second kappa shape index (κ2) is 5.05. The number of hydrogen-bond donors (Lipinski definition) is 0. The summed E-state index contributed by atoms with van der Waals surface area (Å²) >= 11 is 3.43. The van der Waals surface area contributed by atoms with Gasteiger partial charge in [0, 0.05) is 5.56 Å². The first kappa shape index (κ1) is 11.1. The molecule has 1 aromatic carbocycles. The van der Waals surface area contributed by atoms with Crippen LogP contribution >= 0.6 is 15.9 Å². The molecule has 0 N–H and O–H groups in total. The minimum atomic E-state index is 0.728. The summed E-state index contributed by atoms with van der Waals surface area (Å²) in [5.41, 5.74) is 1.01. The molecular formula is C11H13BrO2. The van der Waals surface area contributed by atoms with Crippen LogP contribution in [0.15, 0.2) is 29.3 Å². The first-order valence-electron chi connectivity index (χ1n) is 4.24. The number of benzene rings is 1. The third-order valence-electron chi connectivity index (χ3n) is 1.94. The Morgan fingerprint density at radius 3 is 2.57 bits per heavy atom. The SMILES string of the molecule is C=CCc1c(OC)ccc(Br)c1OC. The lowest BCUT2D eigenvalue weighted by Crippen LogP contribution is -1.96. The largest absolute Gasteiger partial charge is 0.496 e. The number of methoxy groups -OCH3 is 2. The molecule has 0 aliphatic rings. The number of ether oxygens (including phenoxy) is 2. The van der Waals surface area contributed by atoms with Gasteiger partial charge in [-0.1, -0.05) is 6.08 Å². The van der Waals surface area contributed by atoms with E-state index >= 15 is 0 Å². The van der Waals surface area contributed by atoms with Crippen molar-refractivity contribution >= 4 is 15.9 Å². The van der Waals surface area contributed by atoms with Gasteiger partial charge in [0.15, 0.2) is 0 Å². The van der Waals surface area contributed by atoms with Crippen molar-refractivity contribution in [2.24, 2.45) is 0 Å². The van der Waals surface area contributed by atoms with E-state index in [1.54, 1.807) is 14.2 Å². The Bertz CT molecular complexity index is 334. The Labute approximate surface area is 92.7 Å². The van der Waals surface area contributed by atoms with Crippen molar-refractivity contribution in [1.29, 1.82) is 0 Å². The number of halogens is 1. The van der Waals surface area contributed by atoms with E-state index in [9.17, 15) is 0 Å². The number of allylic oxidation sites excluding steroid dienone is 1. The highest BCUT2D eigenvalue weighted by atomic mass is 79.9. The molecule has 2 nitrogen and oxygen atoms in total. The molecule has 0 radical (unpaired) electrons. The Hall–Kier alpha value is -0.960. The number of rotatable bonds is 4. The molecule has 0 aliphatic heterocycles. The standard InChI is InChI=1S/C11H13BrO2/c1-4-5-8-10(13-2)7-6-9(12)11(8)14-3/h4,6-7H,1,5H2,2-3H3. The van der Waals surface area contributed by atoms with E-state index in [-0.39, 0.29) is 0 Å². The molecule has 0 spiro atoms. The second-order valence-corrected chi connectivity index (χ2v) is 3.61. The molecule has 0 saturated carbocycles. The molecule has 14 heavy (non-hydrogen) atoms. The smallest absolute Gasteiger partial charge is 0.140 e. The summed E-state index contributed by atoms with van der Waals surface area (Å²) in [6, 6.07) is 3.82. The summed E-state index contributed by atoms with van der Waals surface area (Å²) in [5.74, 6) is 1.63. The van der Waals surface area contributed by atoms with E-state index in [0.29, 0.717) is 0 Å². The van der Waals surface area contributed by atoms with E-state index < -0.39 is 0 Å². The quantitative estimate of drug-likeness (QED) is 0.771. The van der Waals surface area contributed by atoms with E-state index in [2.05, 4.69) is 22.5 Å². The molecule has 0 bridgehead atoms. The van der Waals surface area contributed by atoms with Crippen molar-refractivity contribution in [3.8, 4) is 11.5 Å². The van der Waals surface area contributed by atoms with E-state index in [1.807, 2.05) is 18.2 Å². The highest BCUT2D eigenvalue weighted by Crippen LogP contribution is 2.35. The van der Waals surface area contributed by atoms with Gasteiger partial charge in [-0.25, -0.2) is 0 Å². The Morgan fingerprint density at radius 2 is 2.07 bits per heavy atom. The van der Waals surface area contributed by atoms with Crippen LogP contribution in [-0.4, -0.2) is 14.2 Å². The van der Waals surface area contributed by atoms with Crippen molar-refractivity contribution in [1.82, 2.24) is 0 Å². The van der Waals surface area contributed by atoms with Crippen LogP contribution in [0.5, 0.6) is 11.5 Å². The second-order valence-electron chi connectivity index (χ2n) is 2.75. The first-order valence-corrected chi connectivity index (χ1v) is 5.04. The van der Waals surface area contributed by atoms with Gasteiger partial charge < -0.3 is 9.47 Å². The fourth-order valence-electron chi connectivity index (χ4n) is 1.33. The van der Waals surface area contributed by atoms with Crippen LogP contribution in [0.25, 0.3) is 0 Å². The monoisotopic (exact) mass is 256 g/mol. The highest BCUT2D eigenvalue weighted by Gasteiger charge is 2.11. The maximum atomic E-state index is 5.30. The molecular weight excluding hydrogens is 244 g/mol. The molecule has 1 aromatic rings. The zero-order chi connectivity index (χ0) is 10.6. The predicted octanol–water partition coefficient (Wildman–Crippen LogP) is 3.19. The molecule has 0 amide bonds. The van der Waals surface area contributed by atoms with E-state index in [4.69, 9.17) is 9.47 Å². The molecule has 76 valence electrons. The van der Waals surface area contributed by atoms with Gasteiger partial charge in [0.05, 0.1) is 18.7 Å². The van der Waals surface area contributed by atoms with Gasteiger partial charge in [0.2, 0.25) is 0 Å². The third-order valence-corrected chi connectivity index (χ3v) is 2.57. The minimum Gasteiger partial charge on any atom is -0.496 e. The van der Waals surface area contributed by atoms with Crippen molar-refractivity contribution in [3.05, 3.63) is 34.8 Å². The molecule has 0 heterocycles. The molecule has 0 aromatic heterocycles. The highest BCUT2D eigenvalue weighted by molar-refractivity contribution is 9.10. The van der Waals surface area contributed by atoms with Crippen molar-refractivity contribution in [2.75, 3.05) is 14.2 Å². The lowest BCUT2D eigenvalue weighted by Gasteiger charge is -2.13. The summed E-state index contributed by atoms with van der Waals surface area (Å²) in [6.07, 6.45) is 2.55. The Kier molecular flexibility index (Phi) is 4.01. The minimum absolute atomic E-state index is 0.728. The lowest BCUT2D eigenvalue weighted by atomic mass is 10.1. The van der Waals surface area contributed by atoms with Gasteiger partial charge in [-0.15, -0.1) is 6.58 Å². The zero-order valence-electron chi connectivity index (χ0n) is 8.34. The summed E-state index contributed by atoms with van der Waals surface area (Å²) in [5, 5.41) is 0. The topological polar surface area (TPSA) is 18.5 Å². The van der Waals surface area contributed by atoms with Crippen LogP contribution in [0.1, 0.15) is 5.56 Å².